The number of methoxy groups -OCH3 is 1. The maximum Gasteiger partial charge on any atom is 0.407 e. The number of thioether (sulfide) groups is 1. The Morgan fingerprint density at radius 1 is 1.19 bits per heavy atom. The molecule has 0 fully saturated rings. The molecule has 0 bridgehead atoms. The highest BCUT2D eigenvalue weighted by Gasteiger charge is 2.22. The lowest BCUT2D eigenvalue weighted by molar-refractivity contribution is -0.123. The Balaban J connectivity index is 2.55. The summed E-state index contributed by atoms with van der Waals surface area (Å²) in [7, 11) is 1.29. The molecular weight excluding hydrogens is 366 g/mol. The molecule has 154 valence electrons. The van der Waals surface area contributed by atoms with Gasteiger partial charge in [0.05, 0.1) is 7.11 Å². The summed E-state index contributed by atoms with van der Waals surface area (Å²) in [6.45, 7) is 9.73. The first kappa shape index (κ1) is 23.3. The van der Waals surface area contributed by atoms with Crippen LogP contribution in [0.4, 0.5) is 4.79 Å². The van der Waals surface area contributed by atoms with E-state index < -0.39 is 12.1 Å². The van der Waals surface area contributed by atoms with Crippen molar-refractivity contribution >= 4 is 23.8 Å². The lowest BCUT2D eigenvalue weighted by Gasteiger charge is -2.19. The first-order chi connectivity index (χ1) is 12.8. The third-order valence-electron chi connectivity index (χ3n) is 3.90. The number of carbonyl (C=O) groups excluding carboxylic acids is 2. The predicted molar refractivity (Wildman–Crippen MR) is 107 cm³/mol. The molecule has 1 aromatic heterocycles. The molecule has 1 unspecified atom stereocenters. The Morgan fingerprint density at radius 3 is 2.44 bits per heavy atom. The first-order valence-corrected chi connectivity index (χ1v) is 10.6. The van der Waals surface area contributed by atoms with Crippen molar-refractivity contribution in [3.8, 4) is 0 Å². The molecule has 1 heterocycles. The predicted octanol–water partition coefficient (Wildman–Crippen LogP) is 2.48. The molecule has 0 spiro atoms. The van der Waals surface area contributed by atoms with Crippen molar-refractivity contribution in [3.63, 3.8) is 0 Å². The second-order valence-electron chi connectivity index (χ2n) is 7.32. The van der Waals surface area contributed by atoms with Crippen molar-refractivity contribution in [1.82, 2.24) is 25.4 Å². The number of ether oxygens (including phenoxy) is 1. The normalized spacial score (nSPS) is 12.3. The third kappa shape index (κ3) is 8.19. The molecule has 27 heavy (non-hydrogen) atoms. The largest absolute Gasteiger partial charge is 0.453 e. The van der Waals surface area contributed by atoms with Gasteiger partial charge in [-0.15, -0.1) is 10.2 Å². The number of nitrogens with one attached hydrogen (secondary N) is 2. The fraction of sp³-hybridized carbons (Fsp3) is 0.778. The van der Waals surface area contributed by atoms with Crippen molar-refractivity contribution in [2.75, 3.05) is 19.9 Å². The molecule has 0 aromatic carbocycles. The first-order valence-electron chi connectivity index (χ1n) is 9.36. The number of nitrogens with zero attached hydrogens (tertiary/aromatic N) is 3. The zero-order valence-electron chi connectivity index (χ0n) is 17.2. The smallest absolute Gasteiger partial charge is 0.407 e. The number of amides is 2. The van der Waals surface area contributed by atoms with E-state index in [4.69, 9.17) is 0 Å². The topological polar surface area (TPSA) is 98.1 Å². The Kier molecular flexibility index (Phi) is 10.2. The van der Waals surface area contributed by atoms with Crippen LogP contribution in [0.2, 0.25) is 0 Å². The number of hydrogen-bond acceptors (Lipinski definition) is 6. The number of alkyl carbamates (subject to hydrolysis) is 1. The number of carbonyl (C=O) groups is 2. The summed E-state index contributed by atoms with van der Waals surface area (Å²) in [4.78, 5) is 23.8. The summed E-state index contributed by atoms with van der Waals surface area (Å²) >= 11 is 1.59. The van der Waals surface area contributed by atoms with Crippen LogP contribution in [0.15, 0.2) is 5.16 Å². The van der Waals surface area contributed by atoms with E-state index in [2.05, 4.69) is 44.0 Å². The summed E-state index contributed by atoms with van der Waals surface area (Å²) in [6.07, 6.45) is 3.44. The average molecular weight is 400 g/mol. The highest BCUT2D eigenvalue weighted by atomic mass is 32.2. The molecule has 0 saturated heterocycles. The van der Waals surface area contributed by atoms with Gasteiger partial charge in [-0.1, -0.05) is 39.5 Å². The van der Waals surface area contributed by atoms with E-state index in [0.29, 0.717) is 18.9 Å². The zero-order chi connectivity index (χ0) is 20.4. The minimum atomic E-state index is -0.595. The van der Waals surface area contributed by atoms with Gasteiger partial charge >= 0.3 is 6.09 Å². The Bertz CT molecular complexity index is 604. The van der Waals surface area contributed by atoms with E-state index in [-0.39, 0.29) is 11.8 Å². The maximum atomic E-state index is 12.4. The van der Waals surface area contributed by atoms with Crippen LogP contribution in [0.3, 0.4) is 0 Å². The van der Waals surface area contributed by atoms with Gasteiger partial charge in [0, 0.05) is 19.5 Å². The van der Waals surface area contributed by atoms with Gasteiger partial charge in [-0.25, -0.2) is 4.79 Å². The van der Waals surface area contributed by atoms with Crippen LogP contribution < -0.4 is 10.6 Å². The van der Waals surface area contributed by atoms with Crippen LogP contribution in [-0.4, -0.2) is 52.7 Å². The molecule has 2 amide bonds. The second kappa shape index (κ2) is 11.8. The van der Waals surface area contributed by atoms with E-state index in [1.165, 1.54) is 7.11 Å². The zero-order valence-corrected chi connectivity index (χ0v) is 18.1. The van der Waals surface area contributed by atoms with Crippen LogP contribution in [0.5, 0.6) is 0 Å². The minimum absolute atomic E-state index is 0.192. The second-order valence-corrected chi connectivity index (χ2v) is 8.09. The number of aryl methyl sites for hydroxylation is 1. The SMILES string of the molecule is COC(=O)NC(CC(C)C)C(=O)NCCCc1nnc(SC)n1CC(C)C. The number of aromatic nitrogens is 3. The fourth-order valence-electron chi connectivity index (χ4n) is 2.69. The van der Waals surface area contributed by atoms with Crippen LogP contribution >= 0.6 is 11.8 Å². The Morgan fingerprint density at radius 2 is 1.89 bits per heavy atom. The van der Waals surface area contributed by atoms with E-state index in [1.807, 2.05) is 20.1 Å². The Hall–Kier alpha value is -1.77. The van der Waals surface area contributed by atoms with Gasteiger partial charge in [0.15, 0.2) is 5.16 Å². The summed E-state index contributed by atoms with van der Waals surface area (Å²) in [5.74, 6) is 1.53. The van der Waals surface area contributed by atoms with Gasteiger partial charge in [-0.2, -0.15) is 0 Å². The van der Waals surface area contributed by atoms with Crippen molar-refractivity contribution in [1.29, 1.82) is 0 Å². The molecule has 0 aliphatic carbocycles. The van der Waals surface area contributed by atoms with Crippen LogP contribution in [0.1, 0.15) is 46.4 Å². The van der Waals surface area contributed by atoms with Gasteiger partial charge in [-0.05, 0) is 30.9 Å². The van der Waals surface area contributed by atoms with Gasteiger partial charge in [0.25, 0.3) is 0 Å². The van der Waals surface area contributed by atoms with Crippen LogP contribution in [0.25, 0.3) is 0 Å². The molecule has 1 aromatic rings. The molecule has 1 rings (SSSR count). The van der Waals surface area contributed by atoms with E-state index in [1.54, 1.807) is 11.8 Å². The summed E-state index contributed by atoms with van der Waals surface area (Å²) in [6, 6.07) is -0.592. The minimum Gasteiger partial charge on any atom is -0.453 e. The van der Waals surface area contributed by atoms with Gasteiger partial charge in [0.2, 0.25) is 5.91 Å². The van der Waals surface area contributed by atoms with E-state index in [9.17, 15) is 9.59 Å². The van der Waals surface area contributed by atoms with Crippen LogP contribution in [0, 0.1) is 11.8 Å². The fourth-order valence-corrected chi connectivity index (χ4v) is 3.21. The molecule has 0 radical (unpaired) electrons. The monoisotopic (exact) mass is 399 g/mol. The van der Waals surface area contributed by atoms with Crippen molar-refractivity contribution in [2.45, 2.75) is 64.7 Å². The highest BCUT2D eigenvalue weighted by molar-refractivity contribution is 7.98. The van der Waals surface area contributed by atoms with Gasteiger partial charge in [0.1, 0.15) is 11.9 Å². The average Bonchev–Trinajstić information content (AvgIpc) is 2.98. The lowest BCUT2D eigenvalue weighted by Crippen LogP contribution is -2.47. The standard InChI is InChI=1S/C18H33N5O3S/c1-12(2)10-14(20-18(25)26-5)16(24)19-9-7-8-15-21-22-17(27-6)23(15)11-13(3)4/h12-14H,7-11H2,1-6H3,(H,19,24)(H,20,25). The molecular formula is C18H33N5O3S. The van der Waals surface area contributed by atoms with Gasteiger partial charge < -0.3 is 19.9 Å². The third-order valence-corrected chi connectivity index (χ3v) is 4.57. The van der Waals surface area contributed by atoms with Crippen molar-refractivity contribution < 1.29 is 14.3 Å². The maximum absolute atomic E-state index is 12.4. The lowest BCUT2D eigenvalue weighted by atomic mass is 10.0. The molecule has 8 nitrogen and oxygen atoms in total. The number of rotatable bonds is 11. The molecule has 1 atom stereocenters. The Labute approximate surface area is 166 Å². The van der Waals surface area contributed by atoms with Crippen molar-refractivity contribution in [3.05, 3.63) is 5.82 Å². The molecule has 0 saturated carbocycles. The van der Waals surface area contributed by atoms with Crippen molar-refractivity contribution in [2.24, 2.45) is 11.8 Å². The summed E-state index contributed by atoms with van der Waals surface area (Å²) in [5, 5.41) is 14.9. The quantitative estimate of drug-likeness (QED) is 0.438. The summed E-state index contributed by atoms with van der Waals surface area (Å²) < 4.78 is 6.75. The van der Waals surface area contributed by atoms with E-state index >= 15 is 0 Å². The van der Waals surface area contributed by atoms with E-state index in [0.717, 1.165) is 30.4 Å². The molecule has 9 heteroatoms. The molecule has 0 aliphatic rings. The molecule has 0 aliphatic heterocycles. The number of hydrogen-bond donors (Lipinski definition) is 2. The molecule has 2 N–H and O–H groups in total. The highest BCUT2D eigenvalue weighted by Crippen LogP contribution is 2.16. The summed E-state index contributed by atoms with van der Waals surface area (Å²) in [5.41, 5.74) is 0. The van der Waals surface area contributed by atoms with Gasteiger partial charge in [-0.3, -0.25) is 4.79 Å². The van der Waals surface area contributed by atoms with Crippen LogP contribution in [-0.2, 0) is 22.5 Å².